The molecule has 9 heteroatoms. The lowest BCUT2D eigenvalue weighted by molar-refractivity contribution is -0.137. The van der Waals surface area contributed by atoms with Crippen LogP contribution in [0.4, 0.5) is 13.2 Å². The van der Waals surface area contributed by atoms with E-state index in [1.807, 2.05) is 0 Å². The van der Waals surface area contributed by atoms with Crippen molar-refractivity contribution in [3.63, 3.8) is 0 Å². The smallest absolute Gasteiger partial charge is 0.382 e. The molecule has 2 N–H and O–H groups in total. The zero-order valence-electron chi connectivity index (χ0n) is 8.02. The maximum Gasteiger partial charge on any atom is 0.430 e. The van der Waals surface area contributed by atoms with Gasteiger partial charge in [0.25, 0.3) is 0 Å². The van der Waals surface area contributed by atoms with Crippen molar-refractivity contribution in [2.45, 2.75) is 6.18 Å². The van der Waals surface area contributed by atoms with Crippen LogP contribution in [0.1, 0.15) is 11.1 Å². The van der Waals surface area contributed by atoms with Crippen LogP contribution in [0.2, 0.25) is 0 Å². The first-order valence-electron chi connectivity index (χ1n) is 4.21. The quantitative estimate of drug-likeness (QED) is 0.760. The average Bonchev–Trinajstić information content (AvgIpc) is 2.13. The van der Waals surface area contributed by atoms with Gasteiger partial charge in [0.15, 0.2) is 11.6 Å². The lowest BCUT2D eigenvalue weighted by atomic mass is 10.1. The molecule has 0 amide bonds. The Morgan fingerprint density at radius 1 is 1.29 bits per heavy atom. The van der Waals surface area contributed by atoms with Crippen LogP contribution in [-0.2, 0) is 16.5 Å². The van der Waals surface area contributed by atoms with Gasteiger partial charge in [-0.1, -0.05) is 6.07 Å². The number of nitrogens with zero attached hydrogens (tertiary/aromatic N) is 1. The Morgan fingerprint density at radius 2 is 1.94 bits per heavy atom. The van der Waals surface area contributed by atoms with Gasteiger partial charge >= 0.3 is 16.5 Å². The van der Waals surface area contributed by atoms with Crippen LogP contribution < -0.4 is 9.92 Å². The van der Waals surface area contributed by atoms with Gasteiger partial charge < -0.3 is 9.92 Å². The molecule has 0 aromatic heterocycles. The largest absolute Gasteiger partial charge is 0.430 e. The van der Waals surface area contributed by atoms with Crippen molar-refractivity contribution < 1.29 is 25.8 Å². The van der Waals surface area contributed by atoms with E-state index in [0.717, 1.165) is 18.2 Å². The predicted molar refractivity (Wildman–Crippen MR) is 51.7 cm³/mol. The first-order valence-corrected chi connectivity index (χ1v) is 5.58. The topological polar surface area (TPSA) is 81.8 Å². The van der Waals surface area contributed by atoms with Crippen molar-refractivity contribution in [2.24, 2.45) is 10.1 Å². The monoisotopic (exact) mass is 266 g/mol. The molecule has 0 radical (unpaired) electrons. The lowest BCUT2D eigenvalue weighted by Gasteiger charge is -2.18. The second-order valence-corrected chi connectivity index (χ2v) is 4.37. The SMILES string of the molecule is NC1=NS(=O)(=O)Oc2cccc(C(F)(F)F)c21. The number of halogens is 3. The number of benzene rings is 1. The number of fused-ring (bicyclic) bond motifs is 1. The molecule has 2 rings (SSSR count). The number of hydrogen-bond donors (Lipinski definition) is 1. The third-order valence-corrected chi connectivity index (χ3v) is 2.80. The molecular formula is C8H5F3N2O3S. The van der Waals surface area contributed by atoms with Crippen molar-refractivity contribution >= 4 is 16.1 Å². The fraction of sp³-hybridized carbons (Fsp3) is 0.125. The summed E-state index contributed by atoms with van der Waals surface area (Å²) >= 11 is 0. The summed E-state index contributed by atoms with van der Waals surface area (Å²) in [5, 5.41) is 0. The molecule has 1 aromatic rings. The summed E-state index contributed by atoms with van der Waals surface area (Å²) < 4.78 is 67.1. The van der Waals surface area contributed by atoms with Crippen molar-refractivity contribution in [3.05, 3.63) is 29.3 Å². The number of amidine groups is 1. The van der Waals surface area contributed by atoms with Gasteiger partial charge in [0, 0.05) is 0 Å². The first-order chi connectivity index (χ1) is 7.71. The van der Waals surface area contributed by atoms with Gasteiger partial charge in [0.2, 0.25) is 0 Å². The molecule has 1 aliphatic rings. The van der Waals surface area contributed by atoms with E-state index in [0.29, 0.717) is 0 Å². The number of rotatable bonds is 0. The summed E-state index contributed by atoms with van der Waals surface area (Å²) in [4.78, 5) is 0. The first kappa shape index (κ1) is 11.7. The minimum absolute atomic E-state index is 0.479. The molecule has 1 aliphatic heterocycles. The van der Waals surface area contributed by atoms with Crippen molar-refractivity contribution in [2.75, 3.05) is 0 Å². The number of alkyl halides is 3. The predicted octanol–water partition coefficient (Wildman–Crippen LogP) is 1.05. The van der Waals surface area contributed by atoms with Crippen LogP contribution in [0.15, 0.2) is 22.6 Å². The van der Waals surface area contributed by atoms with Gasteiger partial charge in [-0.05, 0) is 12.1 Å². The molecule has 1 aromatic carbocycles. The van der Waals surface area contributed by atoms with E-state index < -0.39 is 39.2 Å². The maximum absolute atomic E-state index is 12.6. The Morgan fingerprint density at radius 3 is 2.53 bits per heavy atom. The highest BCUT2D eigenvalue weighted by molar-refractivity contribution is 7.86. The Hall–Kier alpha value is -1.77. The summed E-state index contributed by atoms with van der Waals surface area (Å²) in [6.07, 6.45) is -4.67. The molecule has 17 heavy (non-hydrogen) atoms. The minimum atomic E-state index is -4.67. The Kier molecular flexibility index (Phi) is 2.31. The van der Waals surface area contributed by atoms with Crippen molar-refractivity contribution in [1.82, 2.24) is 0 Å². The molecule has 5 nitrogen and oxygen atoms in total. The second-order valence-electron chi connectivity index (χ2n) is 3.16. The standard InChI is InChI=1S/C8H5F3N2O3S/c9-8(10,11)4-2-1-3-5-6(4)7(12)13-17(14,15)16-5/h1-3H,(H2,12,13). The molecule has 0 bridgehead atoms. The molecule has 0 aliphatic carbocycles. The third-order valence-electron chi connectivity index (χ3n) is 1.99. The Labute approximate surface area is 94.0 Å². The van der Waals surface area contributed by atoms with Gasteiger partial charge in [-0.25, -0.2) is 0 Å². The lowest BCUT2D eigenvalue weighted by Crippen LogP contribution is -2.27. The molecule has 0 atom stereocenters. The minimum Gasteiger partial charge on any atom is -0.382 e. The fourth-order valence-corrected chi connectivity index (χ4v) is 2.13. The summed E-state index contributed by atoms with van der Waals surface area (Å²) in [6.45, 7) is 0. The van der Waals surface area contributed by atoms with Gasteiger partial charge in [-0.3, -0.25) is 0 Å². The van der Waals surface area contributed by atoms with Gasteiger partial charge in [0.1, 0.15) is 0 Å². The fourth-order valence-electron chi connectivity index (χ4n) is 1.40. The van der Waals surface area contributed by atoms with Gasteiger partial charge in [0.05, 0.1) is 11.1 Å². The third kappa shape index (κ3) is 2.05. The van der Waals surface area contributed by atoms with E-state index in [1.165, 1.54) is 0 Å². The summed E-state index contributed by atoms with van der Waals surface area (Å²) in [6, 6.07) is 2.86. The van der Waals surface area contributed by atoms with Crippen LogP contribution in [0.5, 0.6) is 5.75 Å². The van der Waals surface area contributed by atoms with Gasteiger partial charge in [-0.2, -0.15) is 21.6 Å². The summed E-state index contributed by atoms with van der Waals surface area (Å²) in [7, 11) is -4.31. The van der Waals surface area contributed by atoms with Crippen LogP contribution in [-0.4, -0.2) is 14.3 Å². The molecule has 0 saturated heterocycles. The molecular weight excluding hydrogens is 261 g/mol. The Balaban J connectivity index is 2.74. The van der Waals surface area contributed by atoms with Crippen LogP contribution in [0.25, 0.3) is 0 Å². The second kappa shape index (κ2) is 3.36. The van der Waals surface area contributed by atoms with Crippen LogP contribution >= 0.6 is 0 Å². The van der Waals surface area contributed by atoms with E-state index in [9.17, 15) is 21.6 Å². The number of hydrogen-bond acceptors (Lipinski definition) is 4. The van der Waals surface area contributed by atoms with E-state index >= 15 is 0 Å². The van der Waals surface area contributed by atoms with Crippen LogP contribution in [0, 0.1) is 0 Å². The zero-order chi connectivity index (χ0) is 12.8. The molecule has 1 heterocycles. The highest BCUT2D eigenvalue weighted by Crippen LogP contribution is 2.37. The van der Waals surface area contributed by atoms with E-state index in [1.54, 1.807) is 0 Å². The van der Waals surface area contributed by atoms with E-state index in [-0.39, 0.29) is 0 Å². The molecule has 0 fully saturated rings. The Bertz CT molecular complexity index is 607. The highest BCUT2D eigenvalue weighted by atomic mass is 32.2. The number of nitrogens with two attached hydrogens (primary N) is 1. The van der Waals surface area contributed by atoms with E-state index in [4.69, 9.17) is 5.73 Å². The summed E-state index contributed by atoms with van der Waals surface area (Å²) in [5.74, 6) is -1.22. The summed E-state index contributed by atoms with van der Waals surface area (Å²) in [5.41, 5.74) is 3.56. The normalized spacial score (nSPS) is 17.9. The van der Waals surface area contributed by atoms with Crippen molar-refractivity contribution in [3.8, 4) is 5.75 Å². The molecule has 0 unspecified atom stereocenters. The zero-order valence-corrected chi connectivity index (χ0v) is 8.84. The molecule has 0 spiro atoms. The van der Waals surface area contributed by atoms with Gasteiger partial charge in [-0.15, -0.1) is 4.40 Å². The average molecular weight is 266 g/mol. The maximum atomic E-state index is 12.6. The molecule has 0 saturated carbocycles. The van der Waals surface area contributed by atoms with E-state index in [2.05, 4.69) is 8.58 Å². The van der Waals surface area contributed by atoms with Crippen molar-refractivity contribution in [1.29, 1.82) is 0 Å². The molecule has 92 valence electrons. The highest BCUT2D eigenvalue weighted by Gasteiger charge is 2.38. The van der Waals surface area contributed by atoms with Crippen LogP contribution in [0.3, 0.4) is 0 Å².